The Hall–Kier alpha value is -1.35. The molecule has 2 aromatic rings. The molecule has 8 heteroatoms. The Morgan fingerprint density at radius 3 is 2.57 bits per heavy atom. The van der Waals surface area contributed by atoms with E-state index in [2.05, 4.69) is 9.71 Å². The number of nitrogens with zero attached hydrogens (tertiary/aromatic N) is 1. The fraction of sp³-hybridized carbons (Fsp3) is 0.231. The number of thiazole rings is 1. The Kier molecular flexibility index (Phi) is 5.04. The van der Waals surface area contributed by atoms with Gasteiger partial charge in [-0.2, -0.15) is 0 Å². The van der Waals surface area contributed by atoms with Crippen LogP contribution in [0.2, 0.25) is 0 Å². The fourth-order valence-electron chi connectivity index (χ4n) is 1.72. The molecule has 1 aromatic carbocycles. The third-order valence-electron chi connectivity index (χ3n) is 2.79. The maximum absolute atomic E-state index is 12.1. The normalized spacial score (nSPS) is 11.5. The first-order valence-corrected chi connectivity index (χ1v) is 8.96. The molecule has 0 atom stereocenters. The summed E-state index contributed by atoms with van der Waals surface area (Å²) in [6, 6.07) is 6.18. The van der Waals surface area contributed by atoms with Crippen molar-refractivity contribution in [1.82, 2.24) is 9.71 Å². The zero-order valence-electron chi connectivity index (χ0n) is 11.4. The second kappa shape index (κ2) is 6.61. The number of aryl methyl sites for hydroxylation is 1. The monoisotopic (exact) mass is 341 g/mol. The molecule has 21 heavy (non-hydrogen) atoms. The predicted molar refractivity (Wildman–Crippen MR) is 88.1 cm³/mol. The lowest BCUT2D eigenvalue weighted by Crippen LogP contribution is -2.26. The Labute approximate surface area is 133 Å². The van der Waals surface area contributed by atoms with E-state index in [-0.39, 0.29) is 9.88 Å². The summed E-state index contributed by atoms with van der Waals surface area (Å²) in [6.07, 6.45) is 0.564. The molecule has 5 nitrogen and oxygen atoms in total. The highest BCUT2D eigenvalue weighted by Crippen LogP contribution is 2.11. The molecule has 0 aliphatic heterocycles. The van der Waals surface area contributed by atoms with Crippen molar-refractivity contribution in [3.8, 4) is 0 Å². The van der Waals surface area contributed by atoms with E-state index >= 15 is 0 Å². The molecule has 3 N–H and O–H groups in total. The molecule has 0 amide bonds. The van der Waals surface area contributed by atoms with E-state index in [1.165, 1.54) is 12.1 Å². The van der Waals surface area contributed by atoms with Crippen LogP contribution in [0.25, 0.3) is 0 Å². The molecule has 0 radical (unpaired) electrons. The van der Waals surface area contributed by atoms with Gasteiger partial charge in [0.05, 0.1) is 15.6 Å². The van der Waals surface area contributed by atoms with Gasteiger partial charge in [-0.1, -0.05) is 24.4 Å². The first kappa shape index (κ1) is 16.0. The van der Waals surface area contributed by atoms with E-state index in [1.54, 1.807) is 23.5 Å². The first-order valence-electron chi connectivity index (χ1n) is 6.19. The molecule has 1 aromatic heterocycles. The summed E-state index contributed by atoms with van der Waals surface area (Å²) in [5.41, 5.74) is 7.01. The maximum atomic E-state index is 12.1. The average Bonchev–Trinajstić information content (AvgIpc) is 2.84. The molecule has 2 rings (SSSR count). The van der Waals surface area contributed by atoms with Gasteiger partial charge in [-0.15, -0.1) is 11.3 Å². The number of sulfonamides is 1. The van der Waals surface area contributed by atoms with Gasteiger partial charge in [-0.3, -0.25) is 0 Å². The molecule has 0 aliphatic rings. The number of rotatable bonds is 6. The first-order chi connectivity index (χ1) is 9.88. The van der Waals surface area contributed by atoms with E-state index in [4.69, 9.17) is 18.0 Å². The van der Waals surface area contributed by atoms with Crippen molar-refractivity contribution < 1.29 is 8.42 Å². The minimum absolute atomic E-state index is 0.192. The quantitative estimate of drug-likeness (QED) is 0.780. The Balaban J connectivity index is 1.99. The summed E-state index contributed by atoms with van der Waals surface area (Å²) in [4.78, 5) is 4.72. The summed E-state index contributed by atoms with van der Waals surface area (Å²) in [5, 5.41) is 2.90. The van der Waals surface area contributed by atoms with E-state index in [9.17, 15) is 8.42 Å². The lowest BCUT2D eigenvalue weighted by atomic mass is 10.2. The highest BCUT2D eigenvalue weighted by atomic mass is 32.2. The van der Waals surface area contributed by atoms with Gasteiger partial charge < -0.3 is 5.73 Å². The highest BCUT2D eigenvalue weighted by Gasteiger charge is 2.13. The van der Waals surface area contributed by atoms with Gasteiger partial charge in [0.1, 0.15) is 4.99 Å². The zero-order valence-corrected chi connectivity index (χ0v) is 13.8. The van der Waals surface area contributed by atoms with Crippen molar-refractivity contribution in [3.05, 3.63) is 45.9 Å². The second-order valence-electron chi connectivity index (χ2n) is 4.39. The van der Waals surface area contributed by atoms with Gasteiger partial charge in [0.15, 0.2) is 0 Å². The molecule has 0 bridgehead atoms. The van der Waals surface area contributed by atoms with Gasteiger partial charge in [-0.25, -0.2) is 18.1 Å². The summed E-state index contributed by atoms with van der Waals surface area (Å²) >= 11 is 6.38. The summed E-state index contributed by atoms with van der Waals surface area (Å²) in [5.74, 6) is 0. The number of hydrogen-bond acceptors (Lipinski definition) is 5. The molecule has 0 saturated heterocycles. The van der Waals surface area contributed by atoms with Gasteiger partial charge in [0.2, 0.25) is 10.0 Å². The molecule has 0 unspecified atom stereocenters. The van der Waals surface area contributed by atoms with Crippen molar-refractivity contribution in [2.24, 2.45) is 5.73 Å². The minimum atomic E-state index is -3.52. The lowest BCUT2D eigenvalue weighted by Gasteiger charge is -2.06. The van der Waals surface area contributed by atoms with Crippen LogP contribution >= 0.6 is 23.6 Å². The standard InChI is InChI=1S/C13H15N3O2S3/c1-9-16-11(8-20-9)6-7-15-21(17,18)12-4-2-10(3-5-12)13(14)19/h2-5,8,15H,6-7H2,1H3,(H2,14,19). The summed E-state index contributed by atoms with van der Waals surface area (Å²) in [7, 11) is -3.52. The number of nitrogens with two attached hydrogens (primary N) is 1. The van der Waals surface area contributed by atoms with Crippen LogP contribution in [0, 0.1) is 6.92 Å². The third-order valence-corrected chi connectivity index (χ3v) is 5.32. The van der Waals surface area contributed by atoms with Gasteiger partial charge in [-0.05, 0) is 19.1 Å². The van der Waals surface area contributed by atoms with E-state index in [0.717, 1.165) is 10.7 Å². The Bertz CT molecular complexity index is 736. The van der Waals surface area contributed by atoms with Crippen molar-refractivity contribution in [2.75, 3.05) is 6.54 Å². The summed E-state index contributed by atoms with van der Waals surface area (Å²) in [6.45, 7) is 2.23. The van der Waals surface area contributed by atoms with Gasteiger partial charge >= 0.3 is 0 Å². The van der Waals surface area contributed by atoms with Gasteiger partial charge in [0, 0.05) is 23.9 Å². The van der Waals surface area contributed by atoms with Crippen LogP contribution in [0.1, 0.15) is 16.3 Å². The van der Waals surface area contributed by atoms with Crippen LogP contribution in [0.15, 0.2) is 34.5 Å². The molecule has 0 saturated carbocycles. The van der Waals surface area contributed by atoms with Crippen LogP contribution in [-0.2, 0) is 16.4 Å². The fourth-order valence-corrected chi connectivity index (χ4v) is 3.53. The van der Waals surface area contributed by atoms with Crippen molar-refractivity contribution >= 4 is 38.6 Å². The Morgan fingerprint density at radius 1 is 1.38 bits per heavy atom. The number of nitrogens with one attached hydrogen (secondary N) is 1. The summed E-state index contributed by atoms with van der Waals surface area (Å²) < 4.78 is 26.8. The molecule has 0 aliphatic carbocycles. The highest BCUT2D eigenvalue weighted by molar-refractivity contribution is 7.89. The topological polar surface area (TPSA) is 85.1 Å². The average molecular weight is 341 g/mol. The van der Waals surface area contributed by atoms with Crippen LogP contribution < -0.4 is 10.5 Å². The van der Waals surface area contributed by atoms with Crippen LogP contribution in [0.3, 0.4) is 0 Å². The van der Waals surface area contributed by atoms with Crippen LogP contribution in [0.5, 0.6) is 0 Å². The van der Waals surface area contributed by atoms with E-state index in [1.807, 2.05) is 12.3 Å². The molecular formula is C13H15N3O2S3. The molecule has 0 spiro atoms. The third kappa shape index (κ3) is 4.31. The molecular weight excluding hydrogens is 326 g/mol. The van der Waals surface area contributed by atoms with Crippen molar-refractivity contribution in [1.29, 1.82) is 0 Å². The number of thiocarbonyl (C=S) groups is 1. The molecule has 0 fully saturated rings. The Morgan fingerprint density at radius 2 is 2.05 bits per heavy atom. The maximum Gasteiger partial charge on any atom is 0.240 e. The van der Waals surface area contributed by atoms with Crippen LogP contribution in [-0.4, -0.2) is 24.9 Å². The molecule has 1 heterocycles. The zero-order chi connectivity index (χ0) is 15.5. The van der Waals surface area contributed by atoms with Crippen molar-refractivity contribution in [2.45, 2.75) is 18.2 Å². The predicted octanol–water partition coefficient (Wildman–Crippen LogP) is 1.61. The minimum Gasteiger partial charge on any atom is -0.389 e. The largest absolute Gasteiger partial charge is 0.389 e. The van der Waals surface area contributed by atoms with Gasteiger partial charge in [0.25, 0.3) is 0 Å². The SMILES string of the molecule is Cc1nc(CCNS(=O)(=O)c2ccc(C(N)=S)cc2)cs1. The second-order valence-corrected chi connectivity index (χ2v) is 7.66. The lowest BCUT2D eigenvalue weighted by molar-refractivity contribution is 0.581. The molecule has 112 valence electrons. The smallest absolute Gasteiger partial charge is 0.240 e. The number of hydrogen-bond donors (Lipinski definition) is 2. The van der Waals surface area contributed by atoms with E-state index < -0.39 is 10.0 Å². The van der Waals surface area contributed by atoms with Crippen molar-refractivity contribution in [3.63, 3.8) is 0 Å². The number of benzene rings is 1. The number of aromatic nitrogens is 1. The van der Waals surface area contributed by atoms with E-state index in [0.29, 0.717) is 18.5 Å². The van der Waals surface area contributed by atoms with Crippen LogP contribution in [0.4, 0.5) is 0 Å².